The number of aromatic nitrogens is 3. The second kappa shape index (κ2) is 6.19. The van der Waals surface area contributed by atoms with E-state index in [9.17, 15) is 0 Å². The van der Waals surface area contributed by atoms with Gasteiger partial charge in [0.15, 0.2) is 11.5 Å². The van der Waals surface area contributed by atoms with Crippen molar-refractivity contribution < 1.29 is 9.47 Å². The summed E-state index contributed by atoms with van der Waals surface area (Å²) in [6.45, 7) is 2.74. The minimum Gasteiger partial charge on any atom is -0.493 e. The summed E-state index contributed by atoms with van der Waals surface area (Å²) in [5.74, 6) is 2.28. The Morgan fingerprint density at radius 2 is 2.05 bits per heavy atom. The minimum atomic E-state index is 0.107. The van der Waals surface area contributed by atoms with Crippen molar-refractivity contribution in [3.8, 4) is 11.5 Å². The maximum absolute atomic E-state index is 5.27. The second-order valence-corrected chi connectivity index (χ2v) is 4.16. The van der Waals surface area contributed by atoms with Crippen molar-refractivity contribution in [1.29, 1.82) is 0 Å². The number of H-pyrrole nitrogens is 1. The number of hydrogen-bond donors (Lipinski definition) is 2. The van der Waals surface area contributed by atoms with E-state index >= 15 is 0 Å². The van der Waals surface area contributed by atoms with Gasteiger partial charge in [0.1, 0.15) is 12.2 Å². The van der Waals surface area contributed by atoms with Gasteiger partial charge in [0, 0.05) is 6.54 Å². The lowest BCUT2D eigenvalue weighted by molar-refractivity contribution is 0.354. The highest BCUT2D eigenvalue weighted by Gasteiger charge is 2.09. The van der Waals surface area contributed by atoms with E-state index in [1.807, 2.05) is 25.1 Å². The first kappa shape index (κ1) is 13.4. The molecule has 0 saturated carbocycles. The van der Waals surface area contributed by atoms with Crippen molar-refractivity contribution in [2.24, 2.45) is 0 Å². The van der Waals surface area contributed by atoms with E-state index in [2.05, 4.69) is 20.5 Å². The molecule has 1 unspecified atom stereocenters. The van der Waals surface area contributed by atoms with E-state index in [4.69, 9.17) is 9.47 Å². The Morgan fingerprint density at radius 3 is 2.68 bits per heavy atom. The molecule has 0 spiro atoms. The van der Waals surface area contributed by atoms with Crippen LogP contribution in [0.2, 0.25) is 0 Å². The monoisotopic (exact) mass is 262 g/mol. The van der Waals surface area contributed by atoms with Crippen molar-refractivity contribution in [2.45, 2.75) is 19.5 Å². The van der Waals surface area contributed by atoms with Crippen LogP contribution in [0.25, 0.3) is 0 Å². The molecule has 6 nitrogen and oxygen atoms in total. The molecule has 2 N–H and O–H groups in total. The van der Waals surface area contributed by atoms with Gasteiger partial charge in [-0.15, -0.1) is 0 Å². The van der Waals surface area contributed by atoms with E-state index < -0.39 is 0 Å². The molecule has 1 aromatic heterocycles. The fraction of sp³-hybridized carbons (Fsp3) is 0.385. The van der Waals surface area contributed by atoms with Crippen LogP contribution < -0.4 is 14.8 Å². The lowest BCUT2D eigenvalue weighted by Gasteiger charge is -2.13. The number of nitrogens with zero attached hydrogens (tertiary/aromatic N) is 2. The number of rotatable bonds is 6. The van der Waals surface area contributed by atoms with E-state index in [1.165, 1.54) is 6.33 Å². The van der Waals surface area contributed by atoms with Crippen LogP contribution in [0.4, 0.5) is 0 Å². The Bertz CT molecular complexity index is 513. The average Bonchev–Trinajstić information content (AvgIpc) is 2.98. The van der Waals surface area contributed by atoms with Crippen molar-refractivity contribution in [3.05, 3.63) is 35.9 Å². The predicted molar refractivity (Wildman–Crippen MR) is 71.2 cm³/mol. The maximum atomic E-state index is 5.27. The first-order valence-electron chi connectivity index (χ1n) is 6.04. The summed E-state index contributed by atoms with van der Waals surface area (Å²) < 4.78 is 10.5. The van der Waals surface area contributed by atoms with Gasteiger partial charge in [-0.3, -0.25) is 5.10 Å². The van der Waals surface area contributed by atoms with Gasteiger partial charge in [-0.05, 0) is 24.6 Å². The fourth-order valence-electron chi connectivity index (χ4n) is 1.78. The van der Waals surface area contributed by atoms with Gasteiger partial charge in [-0.2, -0.15) is 5.10 Å². The Balaban J connectivity index is 1.99. The van der Waals surface area contributed by atoms with Crippen molar-refractivity contribution in [3.63, 3.8) is 0 Å². The molecule has 0 aliphatic carbocycles. The number of aromatic amines is 1. The van der Waals surface area contributed by atoms with Crippen LogP contribution >= 0.6 is 0 Å². The summed E-state index contributed by atoms with van der Waals surface area (Å²) in [5, 5.41) is 10.0. The molecule has 2 aromatic rings. The smallest absolute Gasteiger partial charge is 0.161 e. The van der Waals surface area contributed by atoms with Crippen LogP contribution in [0.1, 0.15) is 24.4 Å². The molecule has 1 aromatic carbocycles. The Hall–Kier alpha value is -2.08. The zero-order valence-corrected chi connectivity index (χ0v) is 11.3. The van der Waals surface area contributed by atoms with Gasteiger partial charge < -0.3 is 14.8 Å². The SMILES string of the molecule is COc1ccc(CNC(C)c2ncn[nH]2)cc1OC. The molecule has 0 bridgehead atoms. The lowest BCUT2D eigenvalue weighted by Crippen LogP contribution is -2.19. The van der Waals surface area contributed by atoms with Crippen LogP contribution in [0.5, 0.6) is 11.5 Å². The molecule has 0 amide bonds. The molecular formula is C13H18N4O2. The summed E-state index contributed by atoms with van der Waals surface area (Å²) in [6, 6.07) is 5.96. The summed E-state index contributed by atoms with van der Waals surface area (Å²) in [7, 11) is 3.26. The molecule has 19 heavy (non-hydrogen) atoms. The second-order valence-electron chi connectivity index (χ2n) is 4.16. The average molecular weight is 262 g/mol. The lowest BCUT2D eigenvalue weighted by atomic mass is 10.2. The molecular weight excluding hydrogens is 244 g/mol. The summed E-state index contributed by atoms with van der Waals surface area (Å²) >= 11 is 0. The molecule has 1 heterocycles. The van der Waals surface area contributed by atoms with E-state index in [1.54, 1.807) is 14.2 Å². The van der Waals surface area contributed by atoms with Gasteiger partial charge in [-0.1, -0.05) is 6.07 Å². The first-order chi connectivity index (χ1) is 9.24. The Kier molecular flexibility index (Phi) is 4.35. The van der Waals surface area contributed by atoms with Gasteiger partial charge in [-0.25, -0.2) is 4.98 Å². The predicted octanol–water partition coefficient (Wildman–Crippen LogP) is 1.67. The van der Waals surface area contributed by atoms with Gasteiger partial charge in [0.2, 0.25) is 0 Å². The normalized spacial score (nSPS) is 12.2. The summed E-state index contributed by atoms with van der Waals surface area (Å²) in [5.41, 5.74) is 1.11. The van der Waals surface area contributed by atoms with Gasteiger partial charge in [0.25, 0.3) is 0 Å². The summed E-state index contributed by atoms with van der Waals surface area (Å²) in [4.78, 5) is 4.12. The van der Waals surface area contributed by atoms with Crippen LogP contribution in [-0.4, -0.2) is 29.4 Å². The zero-order chi connectivity index (χ0) is 13.7. The Labute approximate surface area is 112 Å². The number of hydrogen-bond acceptors (Lipinski definition) is 5. The fourth-order valence-corrected chi connectivity index (χ4v) is 1.78. The Morgan fingerprint density at radius 1 is 1.26 bits per heavy atom. The van der Waals surface area contributed by atoms with E-state index in [-0.39, 0.29) is 6.04 Å². The number of nitrogens with one attached hydrogen (secondary N) is 2. The largest absolute Gasteiger partial charge is 0.493 e. The number of benzene rings is 1. The van der Waals surface area contributed by atoms with Crippen LogP contribution in [0.3, 0.4) is 0 Å². The molecule has 102 valence electrons. The molecule has 1 atom stereocenters. The molecule has 0 aliphatic rings. The molecule has 6 heteroatoms. The van der Waals surface area contributed by atoms with Crippen molar-refractivity contribution in [1.82, 2.24) is 20.5 Å². The summed E-state index contributed by atoms with van der Waals surface area (Å²) in [6.07, 6.45) is 1.50. The maximum Gasteiger partial charge on any atom is 0.161 e. The third kappa shape index (κ3) is 3.23. The van der Waals surface area contributed by atoms with E-state index in [0.717, 1.165) is 22.9 Å². The molecule has 0 aliphatic heterocycles. The molecule has 2 rings (SSSR count). The standard InChI is InChI=1S/C13H18N4O2/c1-9(13-15-8-16-17-13)14-7-10-4-5-11(18-2)12(6-10)19-3/h4-6,8-9,14H,7H2,1-3H3,(H,15,16,17). The highest BCUT2D eigenvalue weighted by molar-refractivity contribution is 5.42. The first-order valence-corrected chi connectivity index (χ1v) is 6.04. The van der Waals surface area contributed by atoms with Crippen LogP contribution in [0, 0.1) is 0 Å². The zero-order valence-electron chi connectivity index (χ0n) is 11.3. The van der Waals surface area contributed by atoms with E-state index in [0.29, 0.717) is 6.54 Å². The number of methoxy groups -OCH3 is 2. The van der Waals surface area contributed by atoms with Gasteiger partial charge in [0.05, 0.1) is 20.3 Å². The number of ether oxygens (including phenoxy) is 2. The minimum absolute atomic E-state index is 0.107. The third-order valence-electron chi connectivity index (χ3n) is 2.90. The van der Waals surface area contributed by atoms with Crippen LogP contribution in [0.15, 0.2) is 24.5 Å². The highest BCUT2D eigenvalue weighted by atomic mass is 16.5. The topological polar surface area (TPSA) is 72.1 Å². The molecule has 0 radical (unpaired) electrons. The van der Waals surface area contributed by atoms with Crippen molar-refractivity contribution in [2.75, 3.05) is 14.2 Å². The van der Waals surface area contributed by atoms with Gasteiger partial charge >= 0.3 is 0 Å². The quantitative estimate of drug-likeness (QED) is 0.828. The molecule has 0 fully saturated rings. The highest BCUT2D eigenvalue weighted by Crippen LogP contribution is 2.27. The molecule has 0 saturated heterocycles. The third-order valence-corrected chi connectivity index (χ3v) is 2.90. The van der Waals surface area contributed by atoms with Crippen LogP contribution in [-0.2, 0) is 6.54 Å². The van der Waals surface area contributed by atoms with Crippen molar-refractivity contribution >= 4 is 0 Å².